The standard InChI is InChI=1S/C15H23ClN2O2/c1-10-6-12(16)7-11(13(10)20-5)8-17-14(19)18-9-15(2,3)4/h6-7H,8-9H2,1-5H3,(H2,17,18,19). The van der Waals surface area contributed by atoms with E-state index in [1.54, 1.807) is 13.2 Å². The number of nitrogens with one attached hydrogen (secondary N) is 2. The third-order valence-corrected chi connectivity index (χ3v) is 2.96. The predicted octanol–water partition coefficient (Wildman–Crippen LogP) is 3.50. The molecule has 0 aliphatic carbocycles. The zero-order chi connectivity index (χ0) is 15.3. The van der Waals surface area contributed by atoms with Crippen LogP contribution in [0.2, 0.25) is 5.02 Å². The number of hydrogen-bond donors (Lipinski definition) is 2. The van der Waals surface area contributed by atoms with Gasteiger partial charge < -0.3 is 15.4 Å². The zero-order valence-corrected chi connectivity index (χ0v) is 13.5. The van der Waals surface area contributed by atoms with Crippen LogP contribution < -0.4 is 15.4 Å². The van der Waals surface area contributed by atoms with Gasteiger partial charge in [0.05, 0.1) is 7.11 Å². The number of halogens is 1. The highest BCUT2D eigenvalue weighted by molar-refractivity contribution is 6.30. The monoisotopic (exact) mass is 298 g/mol. The van der Waals surface area contributed by atoms with E-state index in [1.165, 1.54) is 0 Å². The molecular formula is C15H23ClN2O2. The van der Waals surface area contributed by atoms with Gasteiger partial charge in [0.1, 0.15) is 5.75 Å². The van der Waals surface area contributed by atoms with Crippen LogP contribution in [-0.2, 0) is 6.54 Å². The Morgan fingerprint density at radius 1 is 1.30 bits per heavy atom. The molecule has 112 valence electrons. The summed E-state index contributed by atoms with van der Waals surface area (Å²) in [6.07, 6.45) is 0. The number of methoxy groups -OCH3 is 1. The highest BCUT2D eigenvalue weighted by atomic mass is 35.5. The molecule has 0 saturated carbocycles. The minimum Gasteiger partial charge on any atom is -0.496 e. The van der Waals surface area contributed by atoms with Gasteiger partial charge in [0.15, 0.2) is 0 Å². The SMILES string of the molecule is COc1c(C)cc(Cl)cc1CNC(=O)NCC(C)(C)C. The van der Waals surface area contributed by atoms with Crippen LogP contribution in [0.15, 0.2) is 12.1 Å². The quantitative estimate of drug-likeness (QED) is 0.894. The van der Waals surface area contributed by atoms with E-state index < -0.39 is 0 Å². The highest BCUT2D eigenvalue weighted by Gasteiger charge is 2.13. The number of rotatable bonds is 4. The fourth-order valence-corrected chi connectivity index (χ4v) is 2.10. The fraction of sp³-hybridized carbons (Fsp3) is 0.533. The minimum absolute atomic E-state index is 0.0572. The zero-order valence-electron chi connectivity index (χ0n) is 12.8. The van der Waals surface area contributed by atoms with Crippen molar-refractivity contribution in [1.82, 2.24) is 10.6 Å². The molecular weight excluding hydrogens is 276 g/mol. The van der Waals surface area contributed by atoms with Gasteiger partial charge in [0.2, 0.25) is 0 Å². The van der Waals surface area contributed by atoms with Gasteiger partial charge in [-0.3, -0.25) is 0 Å². The molecule has 4 nitrogen and oxygen atoms in total. The van der Waals surface area contributed by atoms with Crippen LogP contribution in [0.4, 0.5) is 4.79 Å². The molecule has 0 heterocycles. The Labute approximate surface area is 125 Å². The number of hydrogen-bond acceptors (Lipinski definition) is 2. The fourth-order valence-electron chi connectivity index (χ4n) is 1.81. The third-order valence-electron chi connectivity index (χ3n) is 2.74. The maximum atomic E-state index is 11.7. The number of carbonyl (C=O) groups excluding carboxylic acids is 1. The van der Waals surface area contributed by atoms with E-state index in [9.17, 15) is 4.79 Å². The van der Waals surface area contributed by atoms with Crippen molar-refractivity contribution in [1.29, 1.82) is 0 Å². The summed E-state index contributed by atoms with van der Waals surface area (Å²) in [6, 6.07) is 3.45. The Balaban J connectivity index is 2.64. The lowest BCUT2D eigenvalue weighted by molar-refractivity contribution is 0.235. The maximum absolute atomic E-state index is 11.7. The number of benzene rings is 1. The minimum atomic E-state index is -0.195. The molecule has 1 rings (SSSR count). The summed E-state index contributed by atoms with van der Waals surface area (Å²) in [7, 11) is 1.61. The lowest BCUT2D eigenvalue weighted by Crippen LogP contribution is -2.39. The first-order valence-corrected chi connectivity index (χ1v) is 6.95. The molecule has 2 N–H and O–H groups in total. The van der Waals surface area contributed by atoms with Crippen LogP contribution in [-0.4, -0.2) is 19.7 Å². The number of carbonyl (C=O) groups is 1. The van der Waals surface area contributed by atoms with Gasteiger partial charge in [0, 0.05) is 23.7 Å². The normalized spacial score (nSPS) is 11.1. The van der Waals surface area contributed by atoms with E-state index in [0.717, 1.165) is 16.9 Å². The number of aryl methyl sites for hydroxylation is 1. The van der Waals surface area contributed by atoms with Crippen molar-refractivity contribution < 1.29 is 9.53 Å². The first-order chi connectivity index (χ1) is 9.23. The van der Waals surface area contributed by atoms with Crippen LogP contribution in [0.3, 0.4) is 0 Å². The van der Waals surface area contributed by atoms with Gasteiger partial charge in [-0.25, -0.2) is 4.79 Å². The molecule has 0 spiro atoms. The molecule has 0 aliphatic heterocycles. The van der Waals surface area contributed by atoms with E-state index in [1.807, 2.05) is 13.0 Å². The molecule has 0 aromatic heterocycles. The molecule has 2 amide bonds. The van der Waals surface area contributed by atoms with Gasteiger partial charge in [-0.2, -0.15) is 0 Å². The van der Waals surface area contributed by atoms with E-state index >= 15 is 0 Å². The van der Waals surface area contributed by atoms with Crippen molar-refractivity contribution in [2.45, 2.75) is 34.2 Å². The van der Waals surface area contributed by atoms with Crippen molar-refractivity contribution in [3.8, 4) is 5.75 Å². The van der Waals surface area contributed by atoms with Crippen molar-refractivity contribution in [3.63, 3.8) is 0 Å². The van der Waals surface area contributed by atoms with E-state index in [0.29, 0.717) is 18.1 Å². The number of ether oxygens (including phenoxy) is 1. The smallest absolute Gasteiger partial charge is 0.315 e. The van der Waals surface area contributed by atoms with Crippen LogP contribution >= 0.6 is 11.6 Å². The van der Waals surface area contributed by atoms with E-state index in [-0.39, 0.29) is 11.4 Å². The average molecular weight is 299 g/mol. The maximum Gasteiger partial charge on any atom is 0.315 e. The summed E-state index contributed by atoms with van der Waals surface area (Å²) in [5.74, 6) is 0.755. The van der Waals surface area contributed by atoms with Crippen molar-refractivity contribution in [3.05, 3.63) is 28.3 Å². The summed E-state index contributed by atoms with van der Waals surface area (Å²) < 4.78 is 5.35. The molecule has 0 radical (unpaired) electrons. The van der Waals surface area contributed by atoms with Gasteiger partial charge in [-0.1, -0.05) is 32.4 Å². The van der Waals surface area contributed by atoms with Gasteiger partial charge >= 0.3 is 6.03 Å². The average Bonchev–Trinajstić information content (AvgIpc) is 2.32. The first-order valence-electron chi connectivity index (χ1n) is 6.57. The Kier molecular flexibility index (Phi) is 5.69. The van der Waals surface area contributed by atoms with E-state index in [2.05, 4.69) is 31.4 Å². The molecule has 20 heavy (non-hydrogen) atoms. The van der Waals surface area contributed by atoms with Gasteiger partial charge in [-0.15, -0.1) is 0 Å². The summed E-state index contributed by atoms with van der Waals surface area (Å²) in [5.41, 5.74) is 1.87. The Morgan fingerprint density at radius 2 is 1.95 bits per heavy atom. The summed E-state index contributed by atoms with van der Waals surface area (Å²) in [4.78, 5) is 11.7. The predicted molar refractivity (Wildman–Crippen MR) is 82.4 cm³/mol. The third kappa shape index (κ3) is 5.29. The topological polar surface area (TPSA) is 50.4 Å². The Hall–Kier alpha value is -1.42. The molecule has 0 bridgehead atoms. The van der Waals surface area contributed by atoms with Crippen molar-refractivity contribution >= 4 is 17.6 Å². The molecule has 0 unspecified atom stereocenters. The van der Waals surface area contributed by atoms with Crippen LogP contribution in [0.5, 0.6) is 5.75 Å². The van der Waals surface area contributed by atoms with Crippen molar-refractivity contribution in [2.24, 2.45) is 5.41 Å². The van der Waals surface area contributed by atoms with Crippen LogP contribution in [0.1, 0.15) is 31.9 Å². The lowest BCUT2D eigenvalue weighted by atomic mass is 9.97. The molecule has 0 aliphatic rings. The summed E-state index contributed by atoms with van der Waals surface area (Å²) in [5, 5.41) is 6.28. The largest absolute Gasteiger partial charge is 0.496 e. The molecule has 0 atom stereocenters. The number of amides is 2. The second-order valence-corrected chi connectivity index (χ2v) is 6.45. The van der Waals surface area contributed by atoms with E-state index in [4.69, 9.17) is 16.3 Å². The molecule has 0 fully saturated rings. The Bertz CT molecular complexity index is 481. The van der Waals surface area contributed by atoms with Crippen LogP contribution in [0, 0.1) is 12.3 Å². The molecule has 5 heteroatoms. The second kappa shape index (κ2) is 6.84. The molecule has 1 aromatic rings. The second-order valence-electron chi connectivity index (χ2n) is 6.01. The van der Waals surface area contributed by atoms with Gasteiger partial charge in [0.25, 0.3) is 0 Å². The first kappa shape index (κ1) is 16.6. The molecule has 0 saturated heterocycles. The Morgan fingerprint density at radius 3 is 2.50 bits per heavy atom. The molecule has 1 aromatic carbocycles. The summed E-state index contributed by atoms with van der Waals surface area (Å²) >= 11 is 6.03. The van der Waals surface area contributed by atoms with Crippen LogP contribution in [0.25, 0.3) is 0 Å². The van der Waals surface area contributed by atoms with Crippen molar-refractivity contribution in [2.75, 3.05) is 13.7 Å². The lowest BCUT2D eigenvalue weighted by Gasteiger charge is -2.19. The summed E-state index contributed by atoms with van der Waals surface area (Å²) in [6.45, 7) is 9.11. The highest BCUT2D eigenvalue weighted by Crippen LogP contribution is 2.27. The number of urea groups is 1. The van der Waals surface area contributed by atoms with Gasteiger partial charge in [-0.05, 0) is 30.0 Å².